The van der Waals surface area contributed by atoms with Gasteiger partial charge in [0.05, 0.1) is 15.7 Å². The fraction of sp³-hybridized carbons (Fsp3) is 0.333. The van der Waals surface area contributed by atoms with Crippen LogP contribution in [0.1, 0.15) is 26.3 Å². The van der Waals surface area contributed by atoms with E-state index in [0.717, 1.165) is 30.8 Å². The lowest BCUT2D eigenvalue weighted by atomic mass is 10.1. The number of hydrogen-bond donors (Lipinski definition) is 0. The molecule has 3 nitrogen and oxygen atoms in total. The molecule has 0 saturated heterocycles. The largest absolute Gasteiger partial charge is 0.372 e. The van der Waals surface area contributed by atoms with E-state index in [1.807, 2.05) is 6.07 Å². The maximum atomic E-state index is 6.15. The summed E-state index contributed by atoms with van der Waals surface area (Å²) in [5.41, 5.74) is 3.57. The van der Waals surface area contributed by atoms with Crippen molar-refractivity contribution in [1.29, 1.82) is 0 Å². The van der Waals surface area contributed by atoms with Gasteiger partial charge in [0.1, 0.15) is 5.69 Å². The monoisotopic (exact) mass is 383 g/mol. The van der Waals surface area contributed by atoms with Crippen molar-refractivity contribution in [3.8, 4) is 0 Å². The van der Waals surface area contributed by atoms with Crippen molar-refractivity contribution in [2.24, 2.45) is 10.2 Å². The van der Waals surface area contributed by atoms with Gasteiger partial charge in [-0.05, 0) is 56.2 Å². The van der Waals surface area contributed by atoms with Gasteiger partial charge in [-0.3, -0.25) is 0 Å². The summed E-state index contributed by atoms with van der Waals surface area (Å²) in [6.45, 7) is 8.33. The highest BCUT2D eigenvalue weighted by atomic mass is 35.5. The molecule has 128 valence electrons. The van der Waals surface area contributed by atoms with Crippen LogP contribution in [0.3, 0.4) is 0 Å². The van der Waals surface area contributed by atoms with E-state index in [4.69, 9.17) is 34.8 Å². The summed E-state index contributed by atoms with van der Waals surface area (Å²) >= 11 is 18.2. The lowest BCUT2D eigenvalue weighted by molar-refractivity contribution is 0.864. The molecule has 0 bridgehead atoms. The molecule has 6 heteroatoms. The molecular formula is C18H20Cl3N3. The summed E-state index contributed by atoms with van der Waals surface area (Å²) in [7, 11) is 0. The molecule has 0 fully saturated rings. The molecular weight excluding hydrogens is 365 g/mol. The van der Waals surface area contributed by atoms with Crippen LogP contribution in [0.15, 0.2) is 40.6 Å². The Morgan fingerprint density at radius 3 is 2.04 bits per heavy atom. The maximum Gasteiger partial charge on any atom is 0.123 e. The summed E-state index contributed by atoms with van der Waals surface area (Å²) in [6, 6.07) is 9.41. The predicted molar refractivity (Wildman–Crippen MR) is 105 cm³/mol. The van der Waals surface area contributed by atoms with Crippen molar-refractivity contribution in [3.05, 3.63) is 51.0 Å². The van der Waals surface area contributed by atoms with Crippen LogP contribution in [0.4, 0.5) is 17.1 Å². The van der Waals surface area contributed by atoms with Crippen LogP contribution in [0.25, 0.3) is 0 Å². The molecule has 0 amide bonds. The van der Waals surface area contributed by atoms with Crippen molar-refractivity contribution in [1.82, 2.24) is 0 Å². The van der Waals surface area contributed by atoms with Crippen LogP contribution in [-0.2, 0) is 6.42 Å². The van der Waals surface area contributed by atoms with Gasteiger partial charge >= 0.3 is 0 Å². The topological polar surface area (TPSA) is 28.0 Å². The van der Waals surface area contributed by atoms with Gasteiger partial charge in [-0.2, -0.15) is 5.11 Å². The van der Waals surface area contributed by atoms with E-state index in [2.05, 4.69) is 48.0 Å². The van der Waals surface area contributed by atoms with E-state index in [1.165, 1.54) is 5.69 Å². The van der Waals surface area contributed by atoms with Crippen molar-refractivity contribution in [2.45, 2.75) is 27.2 Å². The van der Waals surface area contributed by atoms with Gasteiger partial charge in [0.15, 0.2) is 0 Å². The molecule has 0 aliphatic carbocycles. The highest BCUT2D eigenvalue weighted by molar-refractivity contribution is 6.41. The van der Waals surface area contributed by atoms with Crippen LogP contribution in [0, 0.1) is 0 Å². The van der Waals surface area contributed by atoms with E-state index in [9.17, 15) is 0 Å². The van der Waals surface area contributed by atoms with Crippen LogP contribution >= 0.6 is 34.8 Å². The SMILES string of the molecule is CCc1cc(N(CC)CC)ccc1N=Nc1c(Cl)cc(Cl)cc1Cl. The Kier molecular flexibility index (Phi) is 6.90. The van der Waals surface area contributed by atoms with Crippen LogP contribution < -0.4 is 4.90 Å². The lowest BCUT2D eigenvalue weighted by Gasteiger charge is -2.22. The Morgan fingerprint density at radius 2 is 1.50 bits per heavy atom. The number of rotatable bonds is 6. The fourth-order valence-electron chi connectivity index (χ4n) is 2.47. The maximum absolute atomic E-state index is 6.15. The zero-order valence-electron chi connectivity index (χ0n) is 14.0. The zero-order valence-corrected chi connectivity index (χ0v) is 16.3. The highest BCUT2D eigenvalue weighted by Gasteiger charge is 2.09. The molecule has 0 spiro atoms. The summed E-state index contributed by atoms with van der Waals surface area (Å²) in [5, 5.41) is 9.81. The molecule has 24 heavy (non-hydrogen) atoms. The minimum absolute atomic E-state index is 0.383. The first-order valence-corrected chi connectivity index (χ1v) is 9.07. The summed E-state index contributed by atoms with van der Waals surface area (Å²) in [4.78, 5) is 2.30. The molecule has 0 aliphatic rings. The second kappa shape index (κ2) is 8.70. The Morgan fingerprint density at radius 1 is 0.875 bits per heavy atom. The second-order valence-electron chi connectivity index (χ2n) is 5.26. The van der Waals surface area contributed by atoms with Gasteiger partial charge in [0.25, 0.3) is 0 Å². The first kappa shape index (κ1) is 19.0. The van der Waals surface area contributed by atoms with Gasteiger partial charge in [-0.15, -0.1) is 5.11 Å². The number of hydrogen-bond acceptors (Lipinski definition) is 3. The van der Waals surface area contributed by atoms with Crippen molar-refractivity contribution >= 4 is 51.9 Å². The van der Waals surface area contributed by atoms with Crippen molar-refractivity contribution < 1.29 is 0 Å². The smallest absolute Gasteiger partial charge is 0.123 e. The normalized spacial score (nSPS) is 11.2. The van der Waals surface area contributed by atoms with E-state index >= 15 is 0 Å². The number of benzene rings is 2. The predicted octanol–water partition coefficient (Wildman–Crippen LogP) is 7.47. The second-order valence-corrected chi connectivity index (χ2v) is 6.51. The Labute approximate surface area is 158 Å². The van der Waals surface area contributed by atoms with Crippen molar-refractivity contribution in [3.63, 3.8) is 0 Å². The number of anilines is 1. The summed E-state index contributed by atoms with van der Waals surface area (Å²) in [6.07, 6.45) is 0.867. The van der Waals surface area contributed by atoms with Gasteiger partial charge in [0, 0.05) is 23.8 Å². The van der Waals surface area contributed by atoms with Gasteiger partial charge in [0.2, 0.25) is 0 Å². The standard InChI is InChI=1S/C18H20Cl3N3/c1-4-12-9-14(24(5-2)6-3)7-8-17(12)22-23-18-15(20)10-13(19)11-16(18)21/h7-11H,4-6H2,1-3H3. The Hall–Kier alpha value is -1.29. The molecule has 0 radical (unpaired) electrons. The molecule has 0 aromatic heterocycles. The van der Waals surface area contributed by atoms with E-state index in [0.29, 0.717) is 20.8 Å². The molecule has 0 atom stereocenters. The van der Waals surface area contributed by atoms with Crippen molar-refractivity contribution in [2.75, 3.05) is 18.0 Å². The molecule has 0 unspecified atom stereocenters. The number of azo groups is 1. The van der Waals surface area contributed by atoms with Gasteiger partial charge < -0.3 is 4.90 Å². The number of halogens is 3. The molecule has 0 saturated carbocycles. The van der Waals surface area contributed by atoms with E-state index in [1.54, 1.807) is 12.1 Å². The van der Waals surface area contributed by atoms with E-state index in [-0.39, 0.29) is 0 Å². The fourth-order valence-corrected chi connectivity index (χ4v) is 3.36. The molecule has 2 aromatic carbocycles. The molecule has 2 aromatic rings. The minimum atomic E-state index is 0.383. The van der Waals surface area contributed by atoms with Gasteiger partial charge in [-0.25, -0.2) is 0 Å². The zero-order chi connectivity index (χ0) is 17.7. The first-order valence-electron chi connectivity index (χ1n) is 7.94. The highest BCUT2D eigenvalue weighted by Crippen LogP contribution is 2.37. The average Bonchev–Trinajstić information content (AvgIpc) is 2.55. The third kappa shape index (κ3) is 4.41. The van der Waals surface area contributed by atoms with E-state index < -0.39 is 0 Å². The summed E-state index contributed by atoms with van der Waals surface area (Å²) < 4.78 is 0. The third-order valence-electron chi connectivity index (χ3n) is 3.81. The molecule has 0 N–H and O–H groups in total. The number of aryl methyl sites for hydroxylation is 1. The Balaban J connectivity index is 2.36. The lowest BCUT2D eigenvalue weighted by Crippen LogP contribution is -2.21. The van der Waals surface area contributed by atoms with Gasteiger partial charge in [-0.1, -0.05) is 41.7 Å². The molecule has 0 heterocycles. The number of nitrogens with zero attached hydrogens (tertiary/aromatic N) is 3. The molecule has 0 aliphatic heterocycles. The Bertz CT molecular complexity index is 717. The van der Waals surface area contributed by atoms with Crippen LogP contribution in [0.2, 0.25) is 15.1 Å². The quantitative estimate of drug-likeness (QED) is 0.475. The minimum Gasteiger partial charge on any atom is -0.372 e. The average molecular weight is 385 g/mol. The summed E-state index contributed by atoms with van der Waals surface area (Å²) in [5.74, 6) is 0. The first-order chi connectivity index (χ1) is 11.5. The molecule has 2 rings (SSSR count). The third-order valence-corrected chi connectivity index (χ3v) is 4.61. The van der Waals surface area contributed by atoms with Crippen LogP contribution in [0.5, 0.6) is 0 Å². The van der Waals surface area contributed by atoms with Crippen LogP contribution in [-0.4, -0.2) is 13.1 Å².